The largest absolute Gasteiger partial charge is 0.292 e. The number of alkyl halides is 2. The summed E-state index contributed by atoms with van der Waals surface area (Å²) >= 11 is 13.3. The summed E-state index contributed by atoms with van der Waals surface area (Å²) < 4.78 is 0. The van der Waals surface area contributed by atoms with Gasteiger partial charge in [-0.15, -0.1) is 0 Å². The van der Waals surface area contributed by atoms with Crippen LogP contribution in [0.5, 0.6) is 0 Å². The van der Waals surface area contributed by atoms with Crippen LogP contribution in [0.25, 0.3) is 0 Å². The lowest BCUT2D eigenvalue weighted by atomic mass is 9.81. The van der Waals surface area contributed by atoms with Gasteiger partial charge in [-0.2, -0.15) is 5.01 Å². The van der Waals surface area contributed by atoms with E-state index in [0.29, 0.717) is 10.6 Å². The fourth-order valence-electron chi connectivity index (χ4n) is 5.69. The number of Topliss-reactive ketones (excluding diaryl/α,β-unsaturated/α-hetero) is 1. The molecular formula is C26H23Br2ClN2O4. The minimum atomic E-state index is -0.598. The zero-order valence-corrected chi connectivity index (χ0v) is 23.0. The number of carbonyl (C=O) groups is 4. The molecule has 2 aliphatic carbocycles. The SMILES string of the molecule is Cc1ccc(C(=O)CN(C(=O)c2ccc(Cl)cc2)N2C(=O)[C@@H]3[C@H]4C[C@@H]([C@H](Br)[C@H]4Br)[C@@H]3C2=O)cc1C. The van der Waals surface area contributed by atoms with E-state index >= 15 is 0 Å². The number of imide groups is 1. The summed E-state index contributed by atoms with van der Waals surface area (Å²) in [5.74, 6) is -2.77. The molecule has 6 nitrogen and oxygen atoms in total. The van der Waals surface area contributed by atoms with Crippen molar-refractivity contribution in [1.82, 2.24) is 10.0 Å². The summed E-state index contributed by atoms with van der Waals surface area (Å²) in [6.45, 7) is 3.43. The van der Waals surface area contributed by atoms with Crippen LogP contribution < -0.4 is 0 Å². The molecule has 0 N–H and O–H groups in total. The highest BCUT2D eigenvalue weighted by Crippen LogP contribution is 2.60. The van der Waals surface area contributed by atoms with E-state index in [1.165, 1.54) is 12.1 Å². The normalized spacial score (nSPS) is 29.0. The van der Waals surface area contributed by atoms with Crippen molar-refractivity contribution in [3.63, 3.8) is 0 Å². The van der Waals surface area contributed by atoms with Gasteiger partial charge in [0.1, 0.15) is 6.54 Å². The van der Waals surface area contributed by atoms with Gasteiger partial charge in [0.2, 0.25) is 0 Å². The number of hydrogen-bond acceptors (Lipinski definition) is 4. The second-order valence-corrected chi connectivity index (χ2v) is 12.1. The van der Waals surface area contributed by atoms with E-state index in [-0.39, 0.29) is 32.8 Å². The third kappa shape index (κ3) is 3.98. The van der Waals surface area contributed by atoms with Crippen molar-refractivity contribution < 1.29 is 19.2 Å². The summed E-state index contributed by atoms with van der Waals surface area (Å²) in [4.78, 5) is 54.3. The molecule has 182 valence electrons. The van der Waals surface area contributed by atoms with Gasteiger partial charge in [0.05, 0.1) is 11.8 Å². The number of benzene rings is 2. The quantitative estimate of drug-likeness (QED) is 0.268. The molecule has 2 aromatic carbocycles. The summed E-state index contributed by atoms with van der Waals surface area (Å²) in [6.07, 6.45) is 0.777. The monoisotopic (exact) mass is 620 g/mol. The van der Waals surface area contributed by atoms with E-state index in [1.807, 2.05) is 19.9 Å². The molecule has 1 saturated heterocycles. The Morgan fingerprint density at radius 1 is 0.914 bits per heavy atom. The van der Waals surface area contributed by atoms with Gasteiger partial charge < -0.3 is 0 Å². The van der Waals surface area contributed by atoms with Crippen LogP contribution >= 0.6 is 43.5 Å². The average molecular weight is 623 g/mol. The Bertz CT molecular complexity index is 1220. The maximum atomic E-state index is 13.6. The molecule has 3 fully saturated rings. The number of carbonyl (C=O) groups excluding carboxylic acids is 4. The molecule has 0 spiro atoms. The first-order chi connectivity index (χ1) is 16.6. The number of aryl methyl sites for hydroxylation is 2. The fraction of sp³-hybridized carbons (Fsp3) is 0.385. The zero-order chi connectivity index (χ0) is 25.2. The maximum Gasteiger partial charge on any atom is 0.273 e. The molecule has 6 atom stereocenters. The van der Waals surface area contributed by atoms with E-state index in [0.717, 1.165) is 27.6 Å². The van der Waals surface area contributed by atoms with Gasteiger partial charge in [0, 0.05) is 25.8 Å². The van der Waals surface area contributed by atoms with Crippen LogP contribution in [0.4, 0.5) is 0 Å². The van der Waals surface area contributed by atoms with Gasteiger partial charge in [0.25, 0.3) is 17.7 Å². The van der Waals surface area contributed by atoms with Crippen LogP contribution in [-0.4, -0.2) is 49.7 Å². The predicted molar refractivity (Wildman–Crippen MR) is 139 cm³/mol. The first-order valence-electron chi connectivity index (χ1n) is 11.4. The Kier molecular flexibility index (Phi) is 6.43. The Hall–Kier alpha value is -2.03. The van der Waals surface area contributed by atoms with E-state index in [2.05, 4.69) is 31.9 Å². The number of nitrogens with zero attached hydrogens (tertiary/aromatic N) is 2. The van der Waals surface area contributed by atoms with Crippen LogP contribution in [0.1, 0.15) is 38.3 Å². The molecule has 1 aliphatic heterocycles. The topological polar surface area (TPSA) is 74.8 Å². The highest BCUT2D eigenvalue weighted by molar-refractivity contribution is 9.12. The summed E-state index contributed by atoms with van der Waals surface area (Å²) in [7, 11) is 0. The van der Waals surface area contributed by atoms with E-state index < -0.39 is 36.1 Å². The Morgan fingerprint density at radius 2 is 1.46 bits per heavy atom. The minimum Gasteiger partial charge on any atom is -0.292 e. The van der Waals surface area contributed by atoms with Crippen molar-refractivity contribution in [1.29, 1.82) is 0 Å². The number of hydrazine groups is 1. The summed E-state index contributed by atoms with van der Waals surface area (Å²) in [5.41, 5.74) is 2.64. The lowest BCUT2D eigenvalue weighted by molar-refractivity contribution is -0.154. The van der Waals surface area contributed by atoms with Crippen molar-refractivity contribution in [2.75, 3.05) is 6.54 Å². The highest BCUT2D eigenvalue weighted by atomic mass is 79.9. The third-order valence-corrected chi connectivity index (χ3v) is 11.1. The molecule has 2 bridgehead atoms. The van der Waals surface area contributed by atoms with Crippen molar-refractivity contribution in [3.05, 3.63) is 69.7 Å². The molecule has 2 saturated carbocycles. The van der Waals surface area contributed by atoms with Gasteiger partial charge in [-0.05, 0) is 73.6 Å². The van der Waals surface area contributed by atoms with Crippen molar-refractivity contribution in [2.45, 2.75) is 29.9 Å². The molecule has 35 heavy (non-hydrogen) atoms. The summed E-state index contributed by atoms with van der Waals surface area (Å²) in [6, 6.07) is 11.5. The van der Waals surface area contributed by atoms with Gasteiger partial charge in [-0.1, -0.05) is 55.6 Å². The van der Waals surface area contributed by atoms with Gasteiger partial charge >= 0.3 is 0 Å². The Balaban J connectivity index is 1.51. The standard InChI is InChI=1S/C26H23Br2ClN2O4/c1-12-3-4-15(9-13(12)2)19(32)11-30(24(33)14-5-7-16(29)8-6-14)31-25(34)20-17-10-18(21(20)26(31)35)23(28)22(17)27/h3-9,17-18,20-23H,10-11H2,1-2H3/t17-,18-,20-,21+,22+,23+/m1/s1. The number of ketones is 1. The molecule has 3 aliphatic rings. The summed E-state index contributed by atoms with van der Waals surface area (Å²) in [5, 5.41) is 2.41. The van der Waals surface area contributed by atoms with E-state index in [1.54, 1.807) is 24.3 Å². The molecular weight excluding hydrogens is 600 g/mol. The van der Waals surface area contributed by atoms with Crippen LogP contribution in [-0.2, 0) is 9.59 Å². The molecule has 5 rings (SSSR count). The molecule has 0 radical (unpaired) electrons. The van der Waals surface area contributed by atoms with Crippen molar-refractivity contribution in [3.8, 4) is 0 Å². The first kappa shape index (κ1) is 24.7. The third-order valence-electron chi connectivity index (χ3n) is 7.65. The maximum absolute atomic E-state index is 13.6. The number of halogens is 3. The smallest absolute Gasteiger partial charge is 0.273 e. The van der Waals surface area contributed by atoms with Crippen LogP contribution in [0.15, 0.2) is 42.5 Å². The van der Waals surface area contributed by atoms with Gasteiger partial charge in [-0.3, -0.25) is 19.2 Å². The lowest BCUT2D eigenvalue weighted by Gasteiger charge is -2.31. The van der Waals surface area contributed by atoms with E-state index in [4.69, 9.17) is 11.6 Å². The van der Waals surface area contributed by atoms with Gasteiger partial charge in [0.15, 0.2) is 5.78 Å². The number of fused-ring (bicyclic) bond motifs is 5. The van der Waals surface area contributed by atoms with Gasteiger partial charge in [-0.25, -0.2) is 5.01 Å². The number of rotatable bonds is 5. The second kappa shape index (κ2) is 9.12. The predicted octanol–water partition coefficient (Wildman–Crippen LogP) is 4.97. The molecule has 9 heteroatoms. The van der Waals surface area contributed by atoms with Crippen molar-refractivity contribution in [2.24, 2.45) is 23.7 Å². The highest BCUT2D eigenvalue weighted by Gasteiger charge is 2.67. The zero-order valence-electron chi connectivity index (χ0n) is 19.1. The average Bonchev–Trinajstić information content (AvgIpc) is 3.44. The molecule has 1 heterocycles. The molecule has 2 aromatic rings. The number of hydrogen-bond donors (Lipinski definition) is 0. The van der Waals surface area contributed by atoms with E-state index in [9.17, 15) is 19.2 Å². The van der Waals surface area contributed by atoms with Crippen LogP contribution in [0.2, 0.25) is 5.02 Å². The molecule has 0 unspecified atom stereocenters. The number of amides is 3. The Morgan fingerprint density at radius 3 is 2.00 bits per heavy atom. The van der Waals surface area contributed by atoms with Crippen LogP contribution in [0.3, 0.4) is 0 Å². The van der Waals surface area contributed by atoms with Crippen molar-refractivity contribution >= 4 is 67.0 Å². The Labute approximate surface area is 225 Å². The van der Waals surface area contributed by atoms with Crippen LogP contribution in [0, 0.1) is 37.5 Å². The molecule has 0 aromatic heterocycles. The lowest BCUT2D eigenvalue weighted by Crippen LogP contribution is -2.52. The molecule has 3 amide bonds. The minimum absolute atomic E-state index is 0.00115. The second-order valence-electron chi connectivity index (χ2n) is 9.58. The fourth-order valence-corrected chi connectivity index (χ4v) is 7.69. The first-order valence-corrected chi connectivity index (χ1v) is 13.6.